The van der Waals surface area contributed by atoms with Gasteiger partial charge in [0.1, 0.15) is 0 Å². The molecule has 0 amide bonds. The van der Waals surface area contributed by atoms with Gasteiger partial charge in [0.05, 0.1) is 0 Å². The molecule has 1 saturated carbocycles. The maximum atomic E-state index is 3.67. The number of hydrogen-bond acceptors (Lipinski definition) is 2. The minimum Gasteiger partial charge on any atom is -0.314 e. The van der Waals surface area contributed by atoms with E-state index in [2.05, 4.69) is 43.4 Å². The Kier molecular flexibility index (Phi) is 5.58. The fourth-order valence-corrected chi connectivity index (χ4v) is 3.39. The van der Waals surface area contributed by atoms with Gasteiger partial charge in [-0.25, -0.2) is 0 Å². The van der Waals surface area contributed by atoms with Crippen LogP contribution in [0.4, 0.5) is 0 Å². The molecule has 0 heterocycles. The van der Waals surface area contributed by atoms with Gasteiger partial charge in [-0.1, -0.05) is 38.8 Å². The first-order valence-electron chi connectivity index (χ1n) is 7.23. The molecule has 1 nitrogen and oxygen atoms in total. The van der Waals surface area contributed by atoms with Crippen LogP contribution in [0.3, 0.4) is 0 Å². The summed E-state index contributed by atoms with van der Waals surface area (Å²) in [6.45, 7) is 5.61. The summed E-state index contributed by atoms with van der Waals surface area (Å²) >= 11 is 1.94. The predicted molar refractivity (Wildman–Crippen MR) is 81.4 cm³/mol. The number of rotatable bonds is 6. The van der Waals surface area contributed by atoms with Crippen molar-refractivity contribution in [3.63, 3.8) is 0 Å². The Labute approximate surface area is 116 Å². The summed E-state index contributed by atoms with van der Waals surface area (Å²) in [4.78, 5) is 1.39. The third-order valence-electron chi connectivity index (χ3n) is 3.50. The molecular weight excluding hydrogens is 238 g/mol. The maximum absolute atomic E-state index is 3.67. The first-order valence-corrected chi connectivity index (χ1v) is 8.11. The molecule has 0 aromatic heterocycles. The van der Waals surface area contributed by atoms with Crippen LogP contribution in [0, 0.1) is 0 Å². The average molecular weight is 263 g/mol. The average Bonchev–Trinajstić information content (AvgIpc) is 2.84. The van der Waals surface area contributed by atoms with Crippen LogP contribution in [-0.4, -0.2) is 17.8 Å². The minimum atomic E-state index is 0.667. The monoisotopic (exact) mass is 263 g/mol. The third-order valence-corrected chi connectivity index (χ3v) is 4.51. The molecule has 1 aromatic carbocycles. The van der Waals surface area contributed by atoms with Gasteiger partial charge in [-0.05, 0) is 43.5 Å². The zero-order valence-electron chi connectivity index (χ0n) is 11.6. The number of benzene rings is 1. The molecule has 1 aliphatic rings. The first kappa shape index (κ1) is 14.0. The number of hydrogen-bond donors (Lipinski definition) is 1. The summed E-state index contributed by atoms with van der Waals surface area (Å²) < 4.78 is 0. The second-order valence-electron chi connectivity index (χ2n) is 5.50. The van der Waals surface area contributed by atoms with E-state index in [9.17, 15) is 0 Å². The fraction of sp³-hybridized carbons (Fsp3) is 0.625. The number of nitrogens with one attached hydrogen (secondary N) is 1. The van der Waals surface area contributed by atoms with Gasteiger partial charge in [-0.3, -0.25) is 0 Å². The van der Waals surface area contributed by atoms with Crippen LogP contribution in [-0.2, 0) is 6.42 Å². The van der Waals surface area contributed by atoms with E-state index in [0.29, 0.717) is 5.25 Å². The van der Waals surface area contributed by atoms with Crippen LogP contribution >= 0.6 is 11.8 Å². The fourth-order valence-electron chi connectivity index (χ4n) is 2.56. The summed E-state index contributed by atoms with van der Waals surface area (Å²) in [6.07, 6.45) is 6.74. The Bertz CT molecular complexity index is 339. The molecule has 0 spiro atoms. The first-order chi connectivity index (χ1) is 8.74. The van der Waals surface area contributed by atoms with Gasteiger partial charge < -0.3 is 5.32 Å². The molecule has 0 unspecified atom stereocenters. The lowest BCUT2D eigenvalue weighted by Crippen LogP contribution is -2.27. The Hall–Kier alpha value is -0.470. The van der Waals surface area contributed by atoms with Crippen molar-refractivity contribution in [3.8, 4) is 0 Å². The van der Waals surface area contributed by atoms with E-state index in [-0.39, 0.29) is 0 Å². The molecular formula is C16H25NS. The van der Waals surface area contributed by atoms with Gasteiger partial charge in [0.15, 0.2) is 0 Å². The van der Waals surface area contributed by atoms with Crippen LogP contribution in [0.25, 0.3) is 0 Å². The SMILES string of the molecule is CC(C)Sc1ccc(CCNC2CCCC2)cc1. The van der Waals surface area contributed by atoms with Gasteiger partial charge in [0, 0.05) is 16.2 Å². The van der Waals surface area contributed by atoms with Crippen LogP contribution < -0.4 is 5.32 Å². The molecule has 0 aliphatic heterocycles. The van der Waals surface area contributed by atoms with Gasteiger partial charge in [-0.15, -0.1) is 11.8 Å². The van der Waals surface area contributed by atoms with Gasteiger partial charge in [0.2, 0.25) is 0 Å². The second kappa shape index (κ2) is 7.20. The van der Waals surface area contributed by atoms with E-state index in [4.69, 9.17) is 0 Å². The lowest BCUT2D eigenvalue weighted by Gasteiger charge is -2.11. The highest BCUT2D eigenvalue weighted by molar-refractivity contribution is 7.99. The van der Waals surface area contributed by atoms with Crippen molar-refractivity contribution < 1.29 is 0 Å². The van der Waals surface area contributed by atoms with E-state index < -0.39 is 0 Å². The smallest absolute Gasteiger partial charge is 0.00747 e. The molecule has 1 N–H and O–H groups in total. The molecule has 1 fully saturated rings. The molecule has 2 rings (SSSR count). The molecule has 100 valence electrons. The molecule has 0 bridgehead atoms. The van der Waals surface area contributed by atoms with E-state index in [1.807, 2.05) is 11.8 Å². The van der Waals surface area contributed by atoms with Gasteiger partial charge >= 0.3 is 0 Å². The molecule has 0 saturated heterocycles. The van der Waals surface area contributed by atoms with Crippen LogP contribution in [0.2, 0.25) is 0 Å². The van der Waals surface area contributed by atoms with E-state index in [0.717, 1.165) is 19.0 Å². The third kappa shape index (κ3) is 4.66. The van der Waals surface area contributed by atoms with E-state index in [1.165, 1.54) is 36.1 Å². The summed E-state index contributed by atoms with van der Waals surface area (Å²) in [7, 11) is 0. The van der Waals surface area contributed by atoms with Gasteiger partial charge in [0.25, 0.3) is 0 Å². The standard InChI is InChI=1S/C16H25NS/c1-13(2)18-16-9-7-14(8-10-16)11-12-17-15-5-3-4-6-15/h7-10,13,15,17H,3-6,11-12H2,1-2H3. The van der Waals surface area contributed by atoms with Crippen molar-refractivity contribution in [1.82, 2.24) is 5.32 Å². The number of thioether (sulfide) groups is 1. The summed E-state index contributed by atoms with van der Waals surface area (Å²) in [5.74, 6) is 0. The highest BCUT2D eigenvalue weighted by Crippen LogP contribution is 2.23. The predicted octanol–water partition coefficient (Wildman–Crippen LogP) is 4.26. The topological polar surface area (TPSA) is 12.0 Å². The normalized spacial score (nSPS) is 16.6. The molecule has 18 heavy (non-hydrogen) atoms. The van der Waals surface area contributed by atoms with Crippen LogP contribution in [0.1, 0.15) is 45.1 Å². The van der Waals surface area contributed by atoms with E-state index >= 15 is 0 Å². The van der Waals surface area contributed by atoms with Crippen molar-refractivity contribution in [3.05, 3.63) is 29.8 Å². The quantitative estimate of drug-likeness (QED) is 0.770. The highest BCUT2D eigenvalue weighted by Gasteiger charge is 2.13. The van der Waals surface area contributed by atoms with E-state index in [1.54, 1.807) is 0 Å². The highest BCUT2D eigenvalue weighted by atomic mass is 32.2. The summed E-state index contributed by atoms with van der Waals surface area (Å²) in [5, 5.41) is 4.34. The lowest BCUT2D eigenvalue weighted by molar-refractivity contribution is 0.528. The van der Waals surface area contributed by atoms with Crippen molar-refractivity contribution in [2.45, 2.75) is 62.1 Å². The zero-order chi connectivity index (χ0) is 12.8. The molecule has 1 aromatic rings. The second-order valence-corrected chi connectivity index (χ2v) is 7.15. The Balaban J connectivity index is 1.72. The molecule has 1 aliphatic carbocycles. The zero-order valence-corrected chi connectivity index (χ0v) is 12.4. The van der Waals surface area contributed by atoms with Crippen molar-refractivity contribution in [2.24, 2.45) is 0 Å². The lowest BCUT2D eigenvalue weighted by atomic mass is 10.1. The van der Waals surface area contributed by atoms with Crippen molar-refractivity contribution in [2.75, 3.05) is 6.54 Å². The largest absolute Gasteiger partial charge is 0.314 e. The van der Waals surface area contributed by atoms with Crippen molar-refractivity contribution in [1.29, 1.82) is 0 Å². The molecule has 0 atom stereocenters. The van der Waals surface area contributed by atoms with Gasteiger partial charge in [-0.2, -0.15) is 0 Å². The molecule has 0 radical (unpaired) electrons. The maximum Gasteiger partial charge on any atom is 0.00747 e. The van der Waals surface area contributed by atoms with Crippen LogP contribution in [0.5, 0.6) is 0 Å². The summed E-state index contributed by atoms with van der Waals surface area (Å²) in [5.41, 5.74) is 1.45. The molecule has 2 heteroatoms. The summed E-state index contributed by atoms with van der Waals surface area (Å²) in [6, 6.07) is 9.87. The minimum absolute atomic E-state index is 0.667. The Morgan fingerprint density at radius 3 is 2.44 bits per heavy atom. The Morgan fingerprint density at radius 1 is 1.17 bits per heavy atom. The van der Waals surface area contributed by atoms with Crippen molar-refractivity contribution >= 4 is 11.8 Å². The van der Waals surface area contributed by atoms with Crippen LogP contribution in [0.15, 0.2) is 29.2 Å². The Morgan fingerprint density at radius 2 is 1.83 bits per heavy atom.